The Labute approximate surface area is 156 Å². The van der Waals surface area contributed by atoms with Crippen LogP contribution in [0.2, 0.25) is 0 Å². The minimum atomic E-state index is 0. The number of hydrogen-bond acceptors (Lipinski definition) is 3. The Kier molecular flexibility index (Phi) is 5.74. The second kappa shape index (κ2) is 7.67. The van der Waals surface area contributed by atoms with E-state index in [1.807, 2.05) is 17.9 Å². The Morgan fingerprint density at radius 3 is 2.56 bits per heavy atom. The fourth-order valence-electron chi connectivity index (χ4n) is 4.92. The Hall–Kier alpha value is -1.07. The van der Waals surface area contributed by atoms with Crippen LogP contribution in [-0.2, 0) is 7.05 Å². The van der Waals surface area contributed by atoms with Crippen molar-refractivity contribution in [3.05, 3.63) is 17.5 Å². The predicted molar refractivity (Wildman–Crippen MR) is 101 cm³/mol. The Balaban J connectivity index is 0.00000182. The fourth-order valence-corrected chi connectivity index (χ4v) is 4.92. The van der Waals surface area contributed by atoms with E-state index in [1.165, 1.54) is 38.5 Å². The lowest BCUT2D eigenvalue weighted by Gasteiger charge is -2.39. The zero-order chi connectivity index (χ0) is 16.6. The molecule has 0 unspecified atom stereocenters. The van der Waals surface area contributed by atoms with Gasteiger partial charge in [-0.2, -0.15) is 5.10 Å². The molecule has 1 amide bonds. The number of carbonyl (C=O) groups is 1. The van der Waals surface area contributed by atoms with E-state index in [1.54, 1.807) is 0 Å². The number of carbonyl (C=O) groups excluding carboxylic acids is 1. The molecule has 6 heteroatoms. The molecule has 1 N–H and O–H groups in total. The Bertz CT molecular complexity index is 593. The summed E-state index contributed by atoms with van der Waals surface area (Å²) in [5.41, 5.74) is 2.38. The van der Waals surface area contributed by atoms with Gasteiger partial charge in [0.05, 0.1) is 11.3 Å². The monoisotopic (exact) mass is 366 g/mol. The van der Waals surface area contributed by atoms with Crippen molar-refractivity contribution < 1.29 is 4.79 Å². The smallest absolute Gasteiger partial charge is 0.257 e. The van der Waals surface area contributed by atoms with Crippen LogP contribution in [0.25, 0.3) is 0 Å². The molecular weight excluding hydrogens is 336 g/mol. The molecule has 3 aliphatic rings. The predicted octanol–water partition coefficient (Wildman–Crippen LogP) is 3.11. The van der Waals surface area contributed by atoms with E-state index in [9.17, 15) is 4.79 Å². The number of nitrogens with one attached hydrogen (secondary N) is 1. The highest BCUT2D eigenvalue weighted by Gasteiger charge is 2.39. The number of aromatic nitrogens is 2. The van der Waals surface area contributed by atoms with Crippen molar-refractivity contribution >= 4 is 18.3 Å². The lowest BCUT2D eigenvalue weighted by molar-refractivity contribution is 0.0605. The number of hydrogen-bond donors (Lipinski definition) is 1. The summed E-state index contributed by atoms with van der Waals surface area (Å²) < 4.78 is 1.84. The lowest BCUT2D eigenvalue weighted by Crippen LogP contribution is -2.44. The summed E-state index contributed by atoms with van der Waals surface area (Å²) in [6.07, 6.45) is 11.8. The van der Waals surface area contributed by atoms with Gasteiger partial charge in [0, 0.05) is 38.8 Å². The van der Waals surface area contributed by atoms with Crippen LogP contribution in [0, 0.1) is 5.41 Å². The summed E-state index contributed by atoms with van der Waals surface area (Å²) in [7, 11) is 1.94. The van der Waals surface area contributed by atoms with Crippen molar-refractivity contribution in [2.45, 2.75) is 57.3 Å². The van der Waals surface area contributed by atoms with Crippen molar-refractivity contribution in [3.63, 3.8) is 0 Å². The number of aryl methyl sites for hydroxylation is 1. The number of likely N-dealkylation sites (tertiary alicyclic amines) is 1. The number of piperidine rings is 1. The maximum atomic E-state index is 13.1. The molecule has 5 nitrogen and oxygen atoms in total. The van der Waals surface area contributed by atoms with Crippen LogP contribution in [0.4, 0.5) is 0 Å². The summed E-state index contributed by atoms with van der Waals surface area (Å²) in [5.74, 6) is 0.693. The van der Waals surface area contributed by atoms with Crippen LogP contribution >= 0.6 is 12.4 Å². The standard InChI is InChI=1S/C19H30N4O.ClH/c1-22-13-16(17(21-22)15-5-3-2-4-6-15)18(24)23-11-8-19(9-12-23)7-10-20-14-19;/h13,15,20H,2-12,14H2,1H3;1H. The van der Waals surface area contributed by atoms with Gasteiger partial charge in [-0.05, 0) is 44.1 Å². The largest absolute Gasteiger partial charge is 0.338 e. The molecule has 0 aromatic carbocycles. The molecule has 1 aromatic heterocycles. The summed E-state index contributed by atoms with van der Waals surface area (Å²) in [4.78, 5) is 15.2. The maximum absolute atomic E-state index is 13.1. The van der Waals surface area contributed by atoms with Crippen molar-refractivity contribution in [3.8, 4) is 0 Å². The second-order valence-corrected chi connectivity index (χ2v) is 8.16. The molecule has 1 spiro atoms. The lowest BCUT2D eigenvalue weighted by atomic mass is 9.77. The van der Waals surface area contributed by atoms with Crippen molar-refractivity contribution in [2.24, 2.45) is 12.5 Å². The van der Waals surface area contributed by atoms with Gasteiger partial charge in [-0.3, -0.25) is 9.48 Å². The van der Waals surface area contributed by atoms with E-state index >= 15 is 0 Å². The molecule has 1 saturated carbocycles. The Morgan fingerprint density at radius 1 is 1.20 bits per heavy atom. The number of halogens is 1. The van der Waals surface area contributed by atoms with Gasteiger partial charge >= 0.3 is 0 Å². The van der Waals surface area contributed by atoms with E-state index in [0.717, 1.165) is 50.3 Å². The molecule has 3 heterocycles. The van der Waals surface area contributed by atoms with Gasteiger partial charge < -0.3 is 10.2 Å². The highest BCUT2D eigenvalue weighted by molar-refractivity contribution is 5.95. The van der Waals surface area contributed by atoms with E-state index in [-0.39, 0.29) is 18.3 Å². The highest BCUT2D eigenvalue weighted by atomic mass is 35.5. The molecule has 0 bridgehead atoms. The normalized spacial score (nSPS) is 23.6. The molecule has 0 radical (unpaired) electrons. The third-order valence-electron chi connectivity index (χ3n) is 6.52. The molecule has 4 rings (SSSR count). The van der Waals surface area contributed by atoms with Crippen LogP contribution in [0.3, 0.4) is 0 Å². The minimum absolute atomic E-state index is 0. The van der Waals surface area contributed by atoms with Gasteiger partial charge in [0.15, 0.2) is 0 Å². The van der Waals surface area contributed by atoms with E-state index in [2.05, 4.69) is 15.3 Å². The summed E-state index contributed by atoms with van der Waals surface area (Å²) >= 11 is 0. The van der Waals surface area contributed by atoms with Gasteiger partial charge in [0.25, 0.3) is 5.91 Å². The quantitative estimate of drug-likeness (QED) is 0.874. The molecule has 2 saturated heterocycles. The van der Waals surface area contributed by atoms with Crippen molar-refractivity contribution in [1.82, 2.24) is 20.0 Å². The average molecular weight is 367 g/mol. The highest BCUT2D eigenvalue weighted by Crippen LogP contribution is 2.38. The topological polar surface area (TPSA) is 50.2 Å². The van der Waals surface area contributed by atoms with Crippen LogP contribution in [0.1, 0.15) is 73.3 Å². The van der Waals surface area contributed by atoms with Gasteiger partial charge in [0.2, 0.25) is 0 Å². The third kappa shape index (κ3) is 3.72. The zero-order valence-electron chi connectivity index (χ0n) is 15.3. The van der Waals surface area contributed by atoms with Gasteiger partial charge in [-0.1, -0.05) is 19.3 Å². The molecule has 140 valence electrons. The van der Waals surface area contributed by atoms with E-state index in [0.29, 0.717) is 11.3 Å². The fraction of sp³-hybridized carbons (Fsp3) is 0.789. The molecule has 1 aliphatic carbocycles. The summed E-state index contributed by atoms with van der Waals surface area (Å²) in [5, 5.41) is 8.18. The molecule has 2 aliphatic heterocycles. The minimum Gasteiger partial charge on any atom is -0.338 e. The number of nitrogens with zero attached hydrogens (tertiary/aromatic N) is 3. The molecule has 3 fully saturated rings. The summed E-state index contributed by atoms with van der Waals surface area (Å²) in [6, 6.07) is 0. The number of amides is 1. The van der Waals surface area contributed by atoms with Crippen molar-refractivity contribution in [2.75, 3.05) is 26.2 Å². The first kappa shape index (κ1) is 18.7. The number of rotatable bonds is 2. The van der Waals surface area contributed by atoms with Gasteiger partial charge in [-0.15, -0.1) is 12.4 Å². The second-order valence-electron chi connectivity index (χ2n) is 8.16. The molecule has 0 atom stereocenters. The van der Waals surface area contributed by atoms with Gasteiger partial charge in [0.1, 0.15) is 0 Å². The Morgan fingerprint density at radius 2 is 1.92 bits per heavy atom. The third-order valence-corrected chi connectivity index (χ3v) is 6.52. The van der Waals surface area contributed by atoms with Gasteiger partial charge in [-0.25, -0.2) is 0 Å². The van der Waals surface area contributed by atoms with Crippen LogP contribution in [0.5, 0.6) is 0 Å². The average Bonchev–Trinajstić information content (AvgIpc) is 3.23. The van der Waals surface area contributed by atoms with Crippen molar-refractivity contribution in [1.29, 1.82) is 0 Å². The molecule has 1 aromatic rings. The van der Waals surface area contributed by atoms with Crippen LogP contribution in [-0.4, -0.2) is 46.8 Å². The van der Waals surface area contributed by atoms with Crippen LogP contribution < -0.4 is 5.32 Å². The van der Waals surface area contributed by atoms with Crippen LogP contribution in [0.15, 0.2) is 6.20 Å². The SMILES string of the molecule is Cl.Cn1cc(C(=O)N2CCC3(CCNC3)CC2)c(C2CCCCC2)n1. The van der Waals surface area contributed by atoms with E-state index < -0.39 is 0 Å². The van der Waals surface area contributed by atoms with E-state index in [4.69, 9.17) is 0 Å². The first-order chi connectivity index (χ1) is 11.7. The maximum Gasteiger partial charge on any atom is 0.257 e. The summed E-state index contributed by atoms with van der Waals surface area (Å²) in [6.45, 7) is 4.08. The zero-order valence-corrected chi connectivity index (χ0v) is 16.1. The molecule has 25 heavy (non-hydrogen) atoms. The first-order valence-electron chi connectivity index (χ1n) is 9.70. The first-order valence-corrected chi connectivity index (χ1v) is 9.70. The molecular formula is C19H31ClN4O.